The molecular weight excluding hydrogens is 188 g/mol. The lowest BCUT2D eigenvalue weighted by Gasteiger charge is -2.27. The highest BCUT2D eigenvalue weighted by Gasteiger charge is 2.15. The monoisotopic (exact) mass is 204 g/mol. The van der Waals surface area contributed by atoms with Gasteiger partial charge < -0.3 is 4.74 Å². The molecule has 0 N–H and O–H groups in total. The van der Waals surface area contributed by atoms with E-state index in [1.54, 1.807) is 7.11 Å². The summed E-state index contributed by atoms with van der Waals surface area (Å²) in [5, 5.41) is 8.12. The summed E-state index contributed by atoms with van der Waals surface area (Å²) >= 11 is 5.74. The molecule has 2 atom stereocenters. The summed E-state index contributed by atoms with van der Waals surface area (Å²) in [6.45, 7) is 6.26. The largest absolute Gasteiger partial charge is 0.383 e. The normalized spacial score (nSPS) is 15.4. The van der Waals surface area contributed by atoms with E-state index in [9.17, 15) is 0 Å². The minimum absolute atomic E-state index is 0.310. The van der Waals surface area contributed by atoms with E-state index in [1.807, 2.05) is 13.0 Å². The summed E-state index contributed by atoms with van der Waals surface area (Å²) < 4.78 is 5.03. The van der Waals surface area contributed by atoms with Crippen molar-refractivity contribution in [2.45, 2.75) is 25.3 Å². The number of methoxy groups -OCH3 is 1. The van der Waals surface area contributed by atoms with Gasteiger partial charge in [-0.1, -0.05) is 6.92 Å². The van der Waals surface area contributed by atoms with Gasteiger partial charge >= 0.3 is 0 Å². The average molecular weight is 205 g/mol. The quantitative estimate of drug-likeness (QED) is 0.615. The van der Waals surface area contributed by atoms with Crippen molar-refractivity contribution in [3.05, 3.63) is 0 Å². The third-order valence-electron chi connectivity index (χ3n) is 1.97. The number of hydrogen-bond donors (Lipinski definition) is 0. The van der Waals surface area contributed by atoms with Gasteiger partial charge in [-0.3, -0.25) is 4.90 Å². The molecule has 0 bridgehead atoms. The molecule has 76 valence electrons. The van der Waals surface area contributed by atoms with Crippen LogP contribution >= 0.6 is 11.6 Å². The van der Waals surface area contributed by atoms with Crippen LogP contribution in [0.1, 0.15) is 13.8 Å². The van der Waals surface area contributed by atoms with Crippen molar-refractivity contribution in [1.29, 1.82) is 5.26 Å². The Labute approximate surface area is 85.2 Å². The van der Waals surface area contributed by atoms with Crippen LogP contribution in [-0.4, -0.2) is 43.1 Å². The van der Waals surface area contributed by atoms with Crippen molar-refractivity contribution in [3.8, 4) is 6.07 Å². The van der Waals surface area contributed by atoms with Gasteiger partial charge in [-0.25, -0.2) is 0 Å². The fourth-order valence-electron chi connectivity index (χ4n) is 1.21. The Morgan fingerprint density at radius 3 is 2.62 bits per heavy atom. The maximum absolute atomic E-state index is 8.55. The highest BCUT2D eigenvalue weighted by Crippen LogP contribution is 2.04. The number of rotatable bonds is 6. The maximum Gasteiger partial charge on any atom is 0.133 e. The van der Waals surface area contributed by atoms with Crippen LogP contribution in [-0.2, 0) is 4.74 Å². The molecule has 0 aliphatic rings. The third-order valence-corrected chi connectivity index (χ3v) is 2.21. The molecule has 0 aliphatic heterocycles. The number of likely N-dealkylation sites (N-methyl/N-ethyl adjacent to an activating group) is 1. The van der Waals surface area contributed by atoms with E-state index in [0.717, 1.165) is 6.54 Å². The van der Waals surface area contributed by atoms with Crippen molar-refractivity contribution in [2.24, 2.45) is 0 Å². The van der Waals surface area contributed by atoms with Crippen molar-refractivity contribution >= 4 is 11.6 Å². The van der Waals surface area contributed by atoms with Gasteiger partial charge in [0.05, 0.1) is 12.7 Å². The highest BCUT2D eigenvalue weighted by molar-refractivity contribution is 6.22. The zero-order valence-corrected chi connectivity index (χ0v) is 9.21. The predicted molar refractivity (Wildman–Crippen MR) is 53.8 cm³/mol. The second-order valence-electron chi connectivity index (χ2n) is 2.99. The van der Waals surface area contributed by atoms with Crippen molar-refractivity contribution < 1.29 is 4.74 Å². The molecule has 0 aromatic carbocycles. The molecule has 0 saturated heterocycles. The molecule has 4 heteroatoms. The SMILES string of the molecule is CCN(CC(Cl)C#N)C(C)COC. The molecule has 3 nitrogen and oxygen atoms in total. The first-order valence-corrected chi connectivity index (χ1v) is 4.86. The molecule has 0 aromatic heterocycles. The molecule has 0 heterocycles. The van der Waals surface area contributed by atoms with Crippen LogP contribution < -0.4 is 0 Å². The van der Waals surface area contributed by atoms with Crippen molar-refractivity contribution in [2.75, 3.05) is 26.8 Å². The molecule has 0 spiro atoms. The molecule has 0 fully saturated rings. The Morgan fingerprint density at radius 1 is 1.62 bits per heavy atom. The third kappa shape index (κ3) is 5.09. The van der Waals surface area contributed by atoms with Crippen molar-refractivity contribution in [1.82, 2.24) is 4.90 Å². The Kier molecular flexibility index (Phi) is 6.97. The lowest BCUT2D eigenvalue weighted by atomic mass is 10.2. The molecule has 0 aliphatic carbocycles. The van der Waals surface area contributed by atoms with Crippen LogP contribution in [0.5, 0.6) is 0 Å². The zero-order valence-electron chi connectivity index (χ0n) is 8.46. The van der Waals surface area contributed by atoms with E-state index < -0.39 is 5.38 Å². The van der Waals surface area contributed by atoms with Gasteiger partial charge in [0.1, 0.15) is 5.38 Å². The molecule has 13 heavy (non-hydrogen) atoms. The summed E-state index contributed by atoms with van der Waals surface area (Å²) in [5.74, 6) is 0. The number of hydrogen-bond acceptors (Lipinski definition) is 3. The first-order chi connectivity index (χ1) is 6.15. The second kappa shape index (κ2) is 7.14. The number of alkyl halides is 1. The van der Waals surface area contributed by atoms with E-state index in [1.165, 1.54) is 0 Å². The van der Waals surface area contributed by atoms with Gasteiger partial charge in [0.25, 0.3) is 0 Å². The van der Waals surface area contributed by atoms with Gasteiger partial charge in [-0.05, 0) is 13.5 Å². The van der Waals surface area contributed by atoms with Gasteiger partial charge in [-0.15, -0.1) is 11.6 Å². The Morgan fingerprint density at radius 2 is 2.23 bits per heavy atom. The molecule has 0 saturated carbocycles. The minimum Gasteiger partial charge on any atom is -0.383 e. The highest BCUT2D eigenvalue weighted by atomic mass is 35.5. The van der Waals surface area contributed by atoms with Gasteiger partial charge in [0.15, 0.2) is 0 Å². The average Bonchev–Trinajstić information content (AvgIpc) is 2.14. The summed E-state index contributed by atoms with van der Waals surface area (Å²) in [4.78, 5) is 2.13. The zero-order chi connectivity index (χ0) is 10.3. The molecular formula is C9H17ClN2O. The fourth-order valence-corrected chi connectivity index (χ4v) is 1.39. The topological polar surface area (TPSA) is 36.3 Å². The predicted octanol–water partition coefficient (Wildman–Crippen LogP) is 1.47. The fraction of sp³-hybridized carbons (Fsp3) is 0.889. The van der Waals surface area contributed by atoms with E-state index in [4.69, 9.17) is 21.6 Å². The summed E-state index contributed by atoms with van der Waals surface area (Å²) in [5.41, 5.74) is 0. The first-order valence-electron chi connectivity index (χ1n) is 4.42. The molecule has 0 radical (unpaired) electrons. The van der Waals surface area contributed by atoms with Gasteiger partial charge in [0.2, 0.25) is 0 Å². The number of ether oxygens (including phenoxy) is 1. The van der Waals surface area contributed by atoms with Crippen LogP contribution in [0.15, 0.2) is 0 Å². The second-order valence-corrected chi connectivity index (χ2v) is 3.52. The van der Waals surface area contributed by atoms with Crippen LogP contribution in [0, 0.1) is 11.3 Å². The minimum atomic E-state index is -0.431. The van der Waals surface area contributed by atoms with Crippen LogP contribution in [0.4, 0.5) is 0 Å². The first kappa shape index (κ1) is 12.7. The Hall–Kier alpha value is -0.300. The summed E-state index contributed by atoms with van der Waals surface area (Å²) in [7, 11) is 1.67. The number of halogens is 1. The van der Waals surface area contributed by atoms with Gasteiger partial charge in [-0.2, -0.15) is 5.26 Å². The standard InChI is InChI=1S/C9H17ClN2O/c1-4-12(6-9(10)5-11)8(2)7-13-3/h8-9H,4,6-7H2,1-3H3. The van der Waals surface area contributed by atoms with Crippen molar-refractivity contribution in [3.63, 3.8) is 0 Å². The van der Waals surface area contributed by atoms with Crippen LogP contribution in [0.3, 0.4) is 0 Å². The Balaban J connectivity index is 3.95. The van der Waals surface area contributed by atoms with E-state index >= 15 is 0 Å². The summed E-state index contributed by atoms with van der Waals surface area (Å²) in [6, 6.07) is 2.32. The summed E-state index contributed by atoms with van der Waals surface area (Å²) in [6.07, 6.45) is 0. The lowest BCUT2D eigenvalue weighted by molar-refractivity contribution is 0.105. The van der Waals surface area contributed by atoms with E-state index in [-0.39, 0.29) is 0 Å². The van der Waals surface area contributed by atoms with Crippen LogP contribution in [0.2, 0.25) is 0 Å². The molecule has 2 unspecified atom stereocenters. The van der Waals surface area contributed by atoms with E-state index in [2.05, 4.69) is 11.8 Å². The smallest absolute Gasteiger partial charge is 0.133 e. The van der Waals surface area contributed by atoms with Gasteiger partial charge in [0, 0.05) is 19.7 Å². The number of nitriles is 1. The van der Waals surface area contributed by atoms with E-state index in [0.29, 0.717) is 19.2 Å². The lowest BCUT2D eigenvalue weighted by Crippen LogP contribution is -2.39. The molecule has 0 amide bonds. The van der Waals surface area contributed by atoms with Crippen LogP contribution in [0.25, 0.3) is 0 Å². The number of nitrogens with zero attached hydrogens (tertiary/aromatic N) is 2. The molecule has 0 aromatic rings. The maximum atomic E-state index is 8.55. The Bertz CT molecular complexity index is 169. The molecule has 0 rings (SSSR count).